The molecule has 1 aromatic carbocycles. The van der Waals surface area contributed by atoms with Crippen molar-refractivity contribution in [2.75, 3.05) is 6.54 Å². The van der Waals surface area contributed by atoms with Crippen LogP contribution in [0, 0.1) is 0 Å². The molecule has 0 heterocycles. The number of benzene rings is 1. The molecule has 98 valence electrons. The SMILES string of the molecule is [N-]=[N+]=NCC=Cc1ccc(C(=O)CCC(=O)O)cc1. The minimum absolute atomic E-state index is 0.00139. The Morgan fingerprint density at radius 2 is 1.95 bits per heavy atom. The summed E-state index contributed by atoms with van der Waals surface area (Å²) >= 11 is 0. The Bertz CT molecular complexity index is 529. The van der Waals surface area contributed by atoms with Gasteiger partial charge in [0.15, 0.2) is 5.78 Å². The van der Waals surface area contributed by atoms with Crippen molar-refractivity contribution in [1.82, 2.24) is 0 Å². The first-order valence-electron chi connectivity index (χ1n) is 5.66. The van der Waals surface area contributed by atoms with Crippen LogP contribution in [0.2, 0.25) is 0 Å². The van der Waals surface area contributed by atoms with Gasteiger partial charge in [-0.05, 0) is 11.1 Å². The molecule has 0 bridgehead atoms. The fourth-order valence-electron chi connectivity index (χ4n) is 1.42. The molecule has 0 fully saturated rings. The van der Waals surface area contributed by atoms with Gasteiger partial charge in [-0.25, -0.2) is 0 Å². The molecule has 0 aliphatic rings. The number of carboxylic acids is 1. The third kappa shape index (κ3) is 5.52. The van der Waals surface area contributed by atoms with E-state index >= 15 is 0 Å². The van der Waals surface area contributed by atoms with Crippen molar-refractivity contribution in [3.8, 4) is 0 Å². The van der Waals surface area contributed by atoms with E-state index in [0.717, 1.165) is 5.56 Å². The largest absolute Gasteiger partial charge is 0.481 e. The van der Waals surface area contributed by atoms with E-state index in [4.69, 9.17) is 10.6 Å². The normalized spacial score (nSPS) is 10.1. The predicted octanol–water partition coefficient (Wildman–Crippen LogP) is 3.06. The minimum Gasteiger partial charge on any atom is -0.481 e. The molecule has 0 saturated heterocycles. The molecule has 19 heavy (non-hydrogen) atoms. The third-order valence-electron chi connectivity index (χ3n) is 2.36. The van der Waals surface area contributed by atoms with Gasteiger partial charge in [-0.3, -0.25) is 9.59 Å². The molecule has 0 saturated carbocycles. The molecule has 0 aliphatic heterocycles. The van der Waals surface area contributed by atoms with Crippen molar-refractivity contribution in [2.45, 2.75) is 12.8 Å². The first kappa shape index (κ1) is 14.5. The number of carbonyl (C=O) groups excluding carboxylic acids is 1. The maximum absolute atomic E-state index is 11.6. The van der Waals surface area contributed by atoms with Gasteiger partial charge in [-0.2, -0.15) is 0 Å². The zero-order valence-electron chi connectivity index (χ0n) is 10.2. The Morgan fingerprint density at radius 1 is 1.26 bits per heavy atom. The molecule has 6 heteroatoms. The number of Topliss-reactive ketones (excluding diaryl/α,β-unsaturated/α-hetero) is 1. The Labute approximate surface area is 110 Å². The van der Waals surface area contributed by atoms with E-state index < -0.39 is 5.97 Å². The van der Waals surface area contributed by atoms with Crippen molar-refractivity contribution in [2.24, 2.45) is 5.11 Å². The average molecular weight is 259 g/mol. The van der Waals surface area contributed by atoms with E-state index in [1.54, 1.807) is 36.4 Å². The molecular formula is C13H13N3O3. The first-order chi connectivity index (χ1) is 9.13. The maximum Gasteiger partial charge on any atom is 0.303 e. The molecule has 0 unspecified atom stereocenters. The molecule has 0 radical (unpaired) electrons. The smallest absolute Gasteiger partial charge is 0.303 e. The van der Waals surface area contributed by atoms with Gasteiger partial charge in [0.05, 0.1) is 6.42 Å². The number of carbonyl (C=O) groups is 2. The second-order valence-corrected chi connectivity index (χ2v) is 3.75. The molecular weight excluding hydrogens is 246 g/mol. The lowest BCUT2D eigenvalue weighted by atomic mass is 10.0. The third-order valence-corrected chi connectivity index (χ3v) is 2.36. The van der Waals surface area contributed by atoms with Crippen LogP contribution in [-0.4, -0.2) is 23.4 Å². The van der Waals surface area contributed by atoms with Gasteiger partial charge in [0.2, 0.25) is 0 Å². The van der Waals surface area contributed by atoms with Gasteiger partial charge in [0, 0.05) is 23.4 Å². The Hall–Kier alpha value is -2.59. The molecule has 1 rings (SSSR count). The standard InChI is InChI=1S/C13H13N3O3/c14-16-15-9-1-2-10-3-5-11(6-4-10)12(17)7-8-13(18)19/h1-6H,7-9H2,(H,18,19). The van der Waals surface area contributed by atoms with Crippen LogP contribution >= 0.6 is 0 Å². The molecule has 0 amide bonds. The van der Waals surface area contributed by atoms with Crippen LogP contribution < -0.4 is 0 Å². The number of azide groups is 1. The summed E-state index contributed by atoms with van der Waals surface area (Å²) in [6.45, 7) is 0.274. The molecule has 0 spiro atoms. The lowest BCUT2D eigenvalue weighted by Crippen LogP contribution is -2.03. The first-order valence-corrected chi connectivity index (χ1v) is 5.66. The van der Waals surface area contributed by atoms with Crippen molar-refractivity contribution >= 4 is 17.8 Å². The molecule has 0 aliphatic carbocycles. The molecule has 0 aromatic heterocycles. The van der Waals surface area contributed by atoms with Crippen LogP contribution in [0.4, 0.5) is 0 Å². The molecule has 1 aromatic rings. The average Bonchev–Trinajstić information content (AvgIpc) is 2.41. The van der Waals surface area contributed by atoms with Gasteiger partial charge in [-0.15, -0.1) is 0 Å². The zero-order valence-corrected chi connectivity index (χ0v) is 10.2. The number of hydrogen-bond acceptors (Lipinski definition) is 3. The highest BCUT2D eigenvalue weighted by Gasteiger charge is 2.07. The van der Waals surface area contributed by atoms with E-state index in [1.807, 2.05) is 0 Å². The van der Waals surface area contributed by atoms with E-state index in [1.165, 1.54) is 0 Å². The van der Waals surface area contributed by atoms with Crippen molar-refractivity contribution < 1.29 is 14.7 Å². The Balaban J connectivity index is 2.60. The summed E-state index contributed by atoms with van der Waals surface area (Å²) in [5, 5.41) is 11.9. The summed E-state index contributed by atoms with van der Waals surface area (Å²) in [5.74, 6) is -1.17. The van der Waals surface area contributed by atoms with Gasteiger partial charge >= 0.3 is 5.97 Å². The van der Waals surface area contributed by atoms with Crippen LogP contribution in [0.3, 0.4) is 0 Å². The zero-order chi connectivity index (χ0) is 14.1. The second kappa shape index (κ2) is 7.68. The quantitative estimate of drug-likeness (QED) is 0.352. The number of carboxylic acid groups (broad SMARTS) is 1. The number of rotatable bonds is 7. The Morgan fingerprint density at radius 3 is 2.53 bits per heavy atom. The summed E-state index contributed by atoms with van der Waals surface area (Å²) in [7, 11) is 0. The lowest BCUT2D eigenvalue weighted by molar-refractivity contribution is -0.136. The van der Waals surface area contributed by atoms with Gasteiger partial charge in [0.1, 0.15) is 0 Å². The minimum atomic E-state index is -0.981. The summed E-state index contributed by atoms with van der Waals surface area (Å²) < 4.78 is 0. The summed E-state index contributed by atoms with van der Waals surface area (Å²) in [6.07, 6.45) is 3.33. The van der Waals surface area contributed by atoms with Crippen molar-refractivity contribution in [1.29, 1.82) is 0 Å². The lowest BCUT2D eigenvalue weighted by Gasteiger charge is -2.00. The number of nitrogens with zero attached hydrogens (tertiary/aromatic N) is 3. The topological polar surface area (TPSA) is 103 Å². The number of ketones is 1. The summed E-state index contributed by atoms with van der Waals surface area (Å²) in [5.41, 5.74) is 9.47. The summed E-state index contributed by atoms with van der Waals surface area (Å²) in [6, 6.07) is 6.80. The van der Waals surface area contributed by atoms with Crippen molar-refractivity contribution in [3.05, 3.63) is 51.9 Å². The highest BCUT2D eigenvalue weighted by molar-refractivity contribution is 5.97. The van der Waals surface area contributed by atoms with E-state index in [2.05, 4.69) is 10.0 Å². The fraction of sp³-hybridized carbons (Fsp3) is 0.231. The van der Waals surface area contributed by atoms with Crippen LogP contribution in [-0.2, 0) is 4.79 Å². The highest BCUT2D eigenvalue weighted by atomic mass is 16.4. The van der Waals surface area contributed by atoms with E-state index in [9.17, 15) is 9.59 Å². The van der Waals surface area contributed by atoms with Crippen LogP contribution in [0.5, 0.6) is 0 Å². The number of hydrogen-bond donors (Lipinski definition) is 1. The number of aliphatic carboxylic acids is 1. The molecule has 1 N–H and O–H groups in total. The second-order valence-electron chi connectivity index (χ2n) is 3.75. The predicted molar refractivity (Wildman–Crippen MR) is 70.7 cm³/mol. The molecule has 6 nitrogen and oxygen atoms in total. The fourth-order valence-corrected chi connectivity index (χ4v) is 1.42. The maximum atomic E-state index is 11.6. The van der Waals surface area contributed by atoms with Gasteiger partial charge in [-0.1, -0.05) is 41.5 Å². The van der Waals surface area contributed by atoms with Crippen molar-refractivity contribution in [3.63, 3.8) is 0 Å². The molecule has 0 atom stereocenters. The van der Waals surface area contributed by atoms with Crippen LogP contribution in [0.15, 0.2) is 35.5 Å². The van der Waals surface area contributed by atoms with E-state index in [0.29, 0.717) is 5.56 Å². The van der Waals surface area contributed by atoms with Crippen LogP contribution in [0.25, 0.3) is 16.5 Å². The van der Waals surface area contributed by atoms with Gasteiger partial charge < -0.3 is 5.11 Å². The highest BCUT2D eigenvalue weighted by Crippen LogP contribution is 2.09. The monoisotopic (exact) mass is 259 g/mol. The van der Waals surface area contributed by atoms with E-state index in [-0.39, 0.29) is 25.2 Å². The Kier molecular flexibility index (Phi) is 5.85. The van der Waals surface area contributed by atoms with Crippen LogP contribution in [0.1, 0.15) is 28.8 Å². The van der Waals surface area contributed by atoms with Gasteiger partial charge in [0.25, 0.3) is 0 Å². The summed E-state index contributed by atoms with van der Waals surface area (Å²) in [4.78, 5) is 24.6.